The van der Waals surface area contributed by atoms with Crippen molar-refractivity contribution in [1.82, 2.24) is 19.8 Å². The Morgan fingerprint density at radius 2 is 1.86 bits per heavy atom. The highest BCUT2D eigenvalue weighted by Gasteiger charge is 2.53. The number of anilines is 1. The van der Waals surface area contributed by atoms with E-state index >= 15 is 0 Å². The van der Waals surface area contributed by atoms with Crippen LogP contribution in [-0.4, -0.2) is 70.7 Å². The van der Waals surface area contributed by atoms with E-state index in [4.69, 9.17) is 0 Å². The molecule has 0 radical (unpaired) electrons. The van der Waals surface area contributed by atoms with Crippen LogP contribution >= 0.6 is 0 Å². The van der Waals surface area contributed by atoms with Crippen LogP contribution in [0.4, 0.5) is 5.95 Å². The maximum atomic E-state index is 10.0. The third kappa shape index (κ3) is 3.05. The van der Waals surface area contributed by atoms with Crippen LogP contribution in [0.1, 0.15) is 29.9 Å². The van der Waals surface area contributed by atoms with Crippen LogP contribution in [-0.2, 0) is 6.54 Å². The Morgan fingerprint density at radius 1 is 1.11 bits per heavy atom. The van der Waals surface area contributed by atoms with Gasteiger partial charge in [0.25, 0.3) is 0 Å². The Balaban J connectivity index is 1.43. The fourth-order valence-corrected chi connectivity index (χ4v) is 5.67. The first-order valence-electron chi connectivity index (χ1n) is 10.4. The van der Waals surface area contributed by atoms with E-state index in [1.54, 1.807) is 6.07 Å². The van der Waals surface area contributed by atoms with E-state index in [2.05, 4.69) is 25.8 Å². The largest absolute Gasteiger partial charge is 0.508 e. The number of aromatic nitrogens is 2. The molecule has 1 aromatic carbocycles. The van der Waals surface area contributed by atoms with Crippen LogP contribution in [0.2, 0.25) is 0 Å². The van der Waals surface area contributed by atoms with Crippen molar-refractivity contribution in [2.24, 2.45) is 5.92 Å². The third-order valence-corrected chi connectivity index (χ3v) is 6.87. The van der Waals surface area contributed by atoms with E-state index in [1.807, 2.05) is 43.5 Å². The number of phenolic OH excluding ortho intramolecular Hbond substituents is 1. The number of hydrogen-bond donors (Lipinski definition) is 1. The van der Waals surface area contributed by atoms with Gasteiger partial charge in [-0.1, -0.05) is 12.1 Å². The molecule has 0 aliphatic carbocycles. The Kier molecular flexibility index (Phi) is 4.48. The average molecular weight is 380 g/mol. The Morgan fingerprint density at radius 3 is 2.54 bits per heavy atom. The second kappa shape index (κ2) is 7.01. The lowest BCUT2D eigenvalue weighted by atomic mass is 9.75. The molecule has 6 rings (SSSR count). The normalized spacial score (nSPS) is 31.7. The van der Waals surface area contributed by atoms with E-state index in [1.165, 1.54) is 37.1 Å². The van der Waals surface area contributed by atoms with Crippen molar-refractivity contribution in [1.29, 1.82) is 0 Å². The number of aromatic hydroxyl groups is 1. The average Bonchev–Trinajstić information content (AvgIpc) is 3.11. The van der Waals surface area contributed by atoms with Gasteiger partial charge in [0.05, 0.1) is 0 Å². The molecule has 6 nitrogen and oxygen atoms in total. The number of piperidine rings is 3. The molecule has 5 heterocycles. The molecule has 28 heavy (non-hydrogen) atoms. The zero-order chi connectivity index (χ0) is 19.3. The van der Waals surface area contributed by atoms with Gasteiger partial charge in [-0.2, -0.15) is 0 Å². The lowest BCUT2D eigenvalue weighted by Gasteiger charge is -2.51. The number of rotatable bonds is 4. The minimum absolute atomic E-state index is 0.371. The van der Waals surface area contributed by atoms with Gasteiger partial charge < -0.3 is 10.0 Å². The molecule has 2 bridgehead atoms. The smallest absolute Gasteiger partial charge is 0.224 e. The molecular formula is C22H29N5O. The lowest BCUT2D eigenvalue weighted by molar-refractivity contribution is -0.00874. The molecule has 0 unspecified atom stereocenters. The summed E-state index contributed by atoms with van der Waals surface area (Å²) in [6.45, 7) is 4.36. The zero-order valence-corrected chi connectivity index (χ0v) is 16.7. The van der Waals surface area contributed by atoms with Crippen LogP contribution in [0.5, 0.6) is 5.75 Å². The van der Waals surface area contributed by atoms with E-state index < -0.39 is 0 Å². The molecule has 2 aromatic rings. The summed E-state index contributed by atoms with van der Waals surface area (Å²) >= 11 is 0. The predicted octanol–water partition coefficient (Wildman–Crippen LogP) is 2.31. The second-order valence-electron chi connectivity index (χ2n) is 8.77. The summed E-state index contributed by atoms with van der Waals surface area (Å²) in [5.41, 5.74) is 2.45. The molecule has 4 aliphatic heterocycles. The molecule has 0 saturated carbocycles. The predicted molar refractivity (Wildman–Crippen MR) is 109 cm³/mol. The van der Waals surface area contributed by atoms with E-state index in [-0.39, 0.29) is 0 Å². The third-order valence-electron chi connectivity index (χ3n) is 6.87. The molecule has 148 valence electrons. The van der Waals surface area contributed by atoms with Crippen molar-refractivity contribution in [3.63, 3.8) is 0 Å². The lowest BCUT2D eigenvalue weighted by Crippen LogP contribution is -2.59. The number of phenols is 1. The minimum Gasteiger partial charge on any atom is -0.508 e. The quantitative estimate of drug-likeness (QED) is 0.880. The fourth-order valence-electron chi connectivity index (χ4n) is 5.67. The van der Waals surface area contributed by atoms with E-state index in [9.17, 15) is 5.11 Å². The highest BCUT2D eigenvalue weighted by molar-refractivity contribution is 5.34. The molecule has 0 spiro atoms. The second-order valence-corrected chi connectivity index (χ2v) is 8.77. The Bertz CT molecular complexity index is 831. The highest BCUT2D eigenvalue weighted by atomic mass is 16.3. The first-order chi connectivity index (χ1) is 13.6. The summed E-state index contributed by atoms with van der Waals surface area (Å²) in [5, 5.41) is 10.0. The number of benzene rings is 1. The molecule has 6 heteroatoms. The zero-order valence-electron chi connectivity index (χ0n) is 16.7. The summed E-state index contributed by atoms with van der Waals surface area (Å²) in [5.74, 6) is 2.35. The van der Waals surface area contributed by atoms with Crippen molar-refractivity contribution in [2.45, 2.75) is 37.4 Å². The SMILES string of the molecule is CN(C)c1ncc(CN2C[C@H](c3cccc(O)c3)[C@H]3[C@@H]2C2CCN3CC2)cn1. The van der Waals surface area contributed by atoms with Gasteiger partial charge in [-0.05, 0) is 49.5 Å². The molecular weight excluding hydrogens is 350 g/mol. The van der Waals surface area contributed by atoms with Crippen molar-refractivity contribution in [2.75, 3.05) is 38.6 Å². The van der Waals surface area contributed by atoms with Gasteiger partial charge in [-0.25, -0.2) is 9.97 Å². The molecule has 4 fully saturated rings. The molecule has 3 atom stereocenters. The van der Waals surface area contributed by atoms with E-state index in [0.29, 0.717) is 23.8 Å². The summed E-state index contributed by atoms with van der Waals surface area (Å²) in [6.07, 6.45) is 6.56. The maximum absolute atomic E-state index is 10.0. The molecule has 0 amide bonds. The van der Waals surface area contributed by atoms with Crippen LogP contribution in [0.25, 0.3) is 0 Å². The summed E-state index contributed by atoms with van der Waals surface area (Å²) in [7, 11) is 3.93. The van der Waals surface area contributed by atoms with Gasteiger partial charge in [0.15, 0.2) is 0 Å². The first-order valence-corrected chi connectivity index (χ1v) is 10.4. The van der Waals surface area contributed by atoms with Gasteiger partial charge in [0, 0.05) is 63.1 Å². The topological polar surface area (TPSA) is 55.7 Å². The Hall–Kier alpha value is -2.18. The minimum atomic E-state index is 0.371. The van der Waals surface area contributed by atoms with Crippen molar-refractivity contribution in [3.8, 4) is 5.75 Å². The highest BCUT2D eigenvalue weighted by Crippen LogP contribution is 2.47. The summed E-state index contributed by atoms with van der Waals surface area (Å²) < 4.78 is 0. The van der Waals surface area contributed by atoms with E-state index in [0.717, 1.165) is 25.0 Å². The van der Waals surface area contributed by atoms with Gasteiger partial charge in [-0.3, -0.25) is 9.80 Å². The molecule has 4 saturated heterocycles. The fraction of sp³-hybridized carbons (Fsp3) is 0.545. The molecule has 1 N–H and O–H groups in total. The number of likely N-dealkylation sites (tertiary alicyclic amines) is 1. The first kappa shape index (κ1) is 17.9. The van der Waals surface area contributed by atoms with Crippen molar-refractivity contribution >= 4 is 5.95 Å². The van der Waals surface area contributed by atoms with Gasteiger partial charge >= 0.3 is 0 Å². The molecule has 1 aromatic heterocycles. The summed E-state index contributed by atoms with van der Waals surface area (Å²) in [6, 6.07) is 9.03. The number of fused-ring (bicyclic) bond motifs is 2. The van der Waals surface area contributed by atoms with Crippen LogP contribution < -0.4 is 4.90 Å². The maximum Gasteiger partial charge on any atom is 0.224 e. The Labute approximate surface area is 166 Å². The van der Waals surface area contributed by atoms with Crippen LogP contribution in [0, 0.1) is 5.92 Å². The number of hydrogen-bond acceptors (Lipinski definition) is 6. The monoisotopic (exact) mass is 379 g/mol. The van der Waals surface area contributed by atoms with Gasteiger partial charge in [0.1, 0.15) is 5.75 Å². The summed E-state index contributed by atoms with van der Waals surface area (Å²) in [4.78, 5) is 16.3. The van der Waals surface area contributed by atoms with Crippen molar-refractivity contribution < 1.29 is 5.11 Å². The van der Waals surface area contributed by atoms with Gasteiger partial charge in [-0.15, -0.1) is 0 Å². The van der Waals surface area contributed by atoms with Gasteiger partial charge in [0.2, 0.25) is 5.95 Å². The van der Waals surface area contributed by atoms with Crippen LogP contribution in [0.15, 0.2) is 36.7 Å². The molecule has 4 aliphatic rings. The van der Waals surface area contributed by atoms with Crippen LogP contribution in [0.3, 0.4) is 0 Å². The van der Waals surface area contributed by atoms with Crippen molar-refractivity contribution in [3.05, 3.63) is 47.8 Å². The standard InChI is InChI=1S/C22H29N5O/c1-25(2)22-23-11-15(12-24-22)13-27-14-19(17-4-3-5-18(28)10-17)21-20(27)16-6-8-26(21)9-7-16/h3-5,10-12,16,19-21,28H,6-9,13-14H2,1-2H3/t19-,20+,21+/m1/s1. The number of nitrogens with zero attached hydrogens (tertiary/aromatic N) is 5.